The van der Waals surface area contributed by atoms with Gasteiger partial charge in [-0.1, -0.05) is 25.0 Å². The Balaban J connectivity index is 1.91. The van der Waals surface area contributed by atoms with Crippen LogP contribution in [0.1, 0.15) is 43.2 Å². The molecule has 0 bridgehead atoms. The largest absolute Gasteiger partial charge is 0.491 e. The Kier molecular flexibility index (Phi) is 9.58. The van der Waals surface area contributed by atoms with Crippen LogP contribution in [0.2, 0.25) is 0 Å². The van der Waals surface area contributed by atoms with Crippen molar-refractivity contribution >= 4 is 5.96 Å². The molecule has 1 aromatic rings. The molecule has 0 atom stereocenters. The van der Waals surface area contributed by atoms with Crippen molar-refractivity contribution in [3.05, 3.63) is 29.3 Å². The maximum atomic E-state index is 5.89. The number of methoxy groups -OCH3 is 2. The van der Waals surface area contributed by atoms with Crippen LogP contribution in [0.3, 0.4) is 0 Å². The molecule has 0 radical (unpaired) electrons. The summed E-state index contributed by atoms with van der Waals surface area (Å²) in [7, 11) is 5.28. The molecule has 0 amide bonds. The SMILES string of the molecule is CN=C(NCc1ccc(C)cc1OCCOC)NCC1(CCOC)CCCC1. The van der Waals surface area contributed by atoms with Gasteiger partial charge in [0.25, 0.3) is 0 Å². The first-order valence-electron chi connectivity index (χ1n) is 10.3. The summed E-state index contributed by atoms with van der Waals surface area (Å²) in [5.41, 5.74) is 2.62. The molecule has 0 heterocycles. The van der Waals surface area contributed by atoms with E-state index >= 15 is 0 Å². The third-order valence-electron chi connectivity index (χ3n) is 5.57. The summed E-state index contributed by atoms with van der Waals surface area (Å²) in [6, 6.07) is 6.28. The van der Waals surface area contributed by atoms with E-state index in [9.17, 15) is 0 Å². The molecule has 158 valence electrons. The number of benzene rings is 1. The monoisotopic (exact) mass is 391 g/mol. The minimum Gasteiger partial charge on any atom is -0.491 e. The third-order valence-corrected chi connectivity index (χ3v) is 5.57. The molecular weight excluding hydrogens is 354 g/mol. The number of hydrogen-bond acceptors (Lipinski definition) is 4. The first-order valence-corrected chi connectivity index (χ1v) is 10.3. The molecule has 0 saturated heterocycles. The van der Waals surface area contributed by atoms with Crippen LogP contribution in [0.25, 0.3) is 0 Å². The summed E-state index contributed by atoms with van der Waals surface area (Å²) in [6.07, 6.45) is 6.24. The van der Waals surface area contributed by atoms with Gasteiger partial charge in [-0.25, -0.2) is 0 Å². The smallest absolute Gasteiger partial charge is 0.191 e. The van der Waals surface area contributed by atoms with Crippen LogP contribution >= 0.6 is 0 Å². The Morgan fingerprint density at radius 3 is 2.50 bits per heavy atom. The van der Waals surface area contributed by atoms with E-state index in [-0.39, 0.29) is 0 Å². The van der Waals surface area contributed by atoms with Crippen molar-refractivity contribution in [3.8, 4) is 5.75 Å². The van der Waals surface area contributed by atoms with Crippen LogP contribution < -0.4 is 15.4 Å². The van der Waals surface area contributed by atoms with Crippen molar-refractivity contribution < 1.29 is 14.2 Å². The summed E-state index contributed by atoms with van der Waals surface area (Å²) in [5, 5.41) is 6.97. The molecule has 2 N–H and O–H groups in total. The average molecular weight is 392 g/mol. The zero-order valence-electron chi connectivity index (χ0n) is 18.0. The van der Waals surface area contributed by atoms with Gasteiger partial charge in [-0.15, -0.1) is 0 Å². The minimum atomic E-state index is 0.325. The fourth-order valence-electron chi connectivity index (χ4n) is 3.81. The summed E-state index contributed by atoms with van der Waals surface area (Å²) < 4.78 is 16.3. The normalized spacial score (nSPS) is 16.2. The fourth-order valence-corrected chi connectivity index (χ4v) is 3.81. The number of ether oxygens (including phenoxy) is 3. The first-order chi connectivity index (χ1) is 13.6. The second-order valence-corrected chi connectivity index (χ2v) is 7.68. The number of hydrogen-bond donors (Lipinski definition) is 2. The molecule has 2 rings (SSSR count). The fraction of sp³-hybridized carbons (Fsp3) is 0.682. The molecule has 6 nitrogen and oxygen atoms in total. The number of rotatable bonds is 11. The van der Waals surface area contributed by atoms with Crippen LogP contribution in [-0.4, -0.2) is 53.6 Å². The Morgan fingerprint density at radius 2 is 1.82 bits per heavy atom. The summed E-state index contributed by atoms with van der Waals surface area (Å²) in [4.78, 5) is 4.40. The van der Waals surface area contributed by atoms with Gasteiger partial charge < -0.3 is 24.8 Å². The topological polar surface area (TPSA) is 64.1 Å². The van der Waals surface area contributed by atoms with Crippen molar-refractivity contribution in [2.24, 2.45) is 10.4 Å². The lowest BCUT2D eigenvalue weighted by molar-refractivity contribution is 0.138. The van der Waals surface area contributed by atoms with E-state index < -0.39 is 0 Å². The van der Waals surface area contributed by atoms with Gasteiger partial charge in [0.2, 0.25) is 0 Å². The Labute approximate surface area is 170 Å². The molecule has 6 heteroatoms. The molecule has 1 aliphatic carbocycles. The highest BCUT2D eigenvalue weighted by atomic mass is 16.5. The highest BCUT2D eigenvalue weighted by molar-refractivity contribution is 5.79. The van der Waals surface area contributed by atoms with Gasteiger partial charge in [-0.3, -0.25) is 4.99 Å². The van der Waals surface area contributed by atoms with E-state index in [0.717, 1.165) is 36.8 Å². The number of guanidine groups is 1. The maximum absolute atomic E-state index is 5.89. The number of aryl methyl sites for hydroxylation is 1. The highest BCUT2D eigenvalue weighted by Gasteiger charge is 2.33. The zero-order valence-corrected chi connectivity index (χ0v) is 18.0. The van der Waals surface area contributed by atoms with E-state index in [1.54, 1.807) is 14.2 Å². The molecule has 1 aromatic carbocycles. The molecule has 0 aliphatic heterocycles. The van der Waals surface area contributed by atoms with E-state index in [1.807, 2.05) is 7.05 Å². The second-order valence-electron chi connectivity index (χ2n) is 7.68. The lowest BCUT2D eigenvalue weighted by atomic mass is 9.83. The van der Waals surface area contributed by atoms with Gasteiger partial charge in [0.05, 0.1) is 6.61 Å². The van der Waals surface area contributed by atoms with Crippen molar-refractivity contribution in [2.75, 3.05) is 47.6 Å². The maximum Gasteiger partial charge on any atom is 0.191 e. The van der Waals surface area contributed by atoms with Gasteiger partial charge in [0.15, 0.2) is 5.96 Å². The quantitative estimate of drug-likeness (QED) is 0.344. The molecule has 1 fully saturated rings. The Morgan fingerprint density at radius 1 is 1.07 bits per heavy atom. The van der Waals surface area contributed by atoms with Crippen molar-refractivity contribution in [2.45, 2.75) is 45.6 Å². The highest BCUT2D eigenvalue weighted by Crippen LogP contribution is 2.40. The van der Waals surface area contributed by atoms with Gasteiger partial charge in [0.1, 0.15) is 12.4 Å². The third kappa shape index (κ3) is 6.99. The number of aliphatic imine (C=N–C) groups is 1. The predicted molar refractivity (Wildman–Crippen MR) is 114 cm³/mol. The van der Waals surface area contributed by atoms with E-state index in [0.29, 0.717) is 25.2 Å². The van der Waals surface area contributed by atoms with Crippen LogP contribution in [0, 0.1) is 12.3 Å². The summed E-state index contributed by atoms with van der Waals surface area (Å²) >= 11 is 0. The number of nitrogens with one attached hydrogen (secondary N) is 2. The standard InChI is InChI=1S/C22H37N3O3/c1-18-7-8-19(20(15-18)28-14-13-27-4)16-24-21(23-2)25-17-22(11-12-26-3)9-5-6-10-22/h7-8,15H,5-6,9-14,16-17H2,1-4H3,(H2,23,24,25). The van der Waals surface area contributed by atoms with Gasteiger partial charge >= 0.3 is 0 Å². The van der Waals surface area contributed by atoms with E-state index in [4.69, 9.17) is 14.2 Å². The Bertz CT molecular complexity index is 613. The van der Waals surface area contributed by atoms with Crippen LogP contribution in [0.15, 0.2) is 23.2 Å². The van der Waals surface area contributed by atoms with Gasteiger partial charge in [0, 0.05) is 46.5 Å². The molecule has 0 spiro atoms. The van der Waals surface area contributed by atoms with Gasteiger partial charge in [-0.2, -0.15) is 0 Å². The van der Waals surface area contributed by atoms with E-state index in [2.05, 4.69) is 40.7 Å². The lowest BCUT2D eigenvalue weighted by Gasteiger charge is -2.30. The first kappa shape index (κ1) is 22.5. The molecular formula is C22H37N3O3. The second kappa shape index (κ2) is 11.9. The molecule has 1 aliphatic rings. The molecule has 1 saturated carbocycles. The van der Waals surface area contributed by atoms with Gasteiger partial charge in [-0.05, 0) is 43.2 Å². The minimum absolute atomic E-state index is 0.325. The zero-order chi connectivity index (χ0) is 20.2. The van der Waals surface area contributed by atoms with Crippen molar-refractivity contribution in [1.29, 1.82) is 0 Å². The number of nitrogens with zero attached hydrogens (tertiary/aromatic N) is 1. The lowest BCUT2D eigenvalue weighted by Crippen LogP contribution is -2.43. The van der Waals surface area contributed by atoms with E-state index in [1.165, 1.54) is 31.2 Å². The Hall–Kier alpha value is -1.79. The summed E-state index contributed by atoms with van der Waals surface area (Å²) in [6.45, 7) is 5.60. The molecule has 28 heavy (non-hydrogen) atoms. The summed E-state index contributed by atoms with van der Waals surface area (Å²) in [5.74, 6) is 1.72. The average Bonchev–Trinajstić information content (AvgIpc) is 3.17. The van der Waals surface area contributed by atoms with Crippen LogP contribution in [0.5, 0.6) is 5.75 Å². The molecule has 0 unspecified atom stereocenters. The van der Waals surface area contributed by atoms with Crippen molar-refractivity contribution in [3.63, 3.8) is 0 Å². The van der Waals surface area contributed by atoms with Crippen LogP contribution in [0.4, 0.5) is 0 Å². The van der Waals surface area contributed by atoms with Crippen LogP contribution in [-0.2, 0) is 16.0 Å². The predicted octanol–water partition coefficient (Wildman–Crippen LogP) is 3.28. The van der Waals surface area contributed by atoms with Crippen molar-refractivity contribution in [1.82, 2.24) is 10.6 Å². The molecule has 0 aromatic heterocycles.